The van der Waals surface area contributed by atoms with Crippen molar-refractivity contribution in [3.05, 3.63) is 29.1 Å². The Hall–Kier alpha value is -1.42. The number of rotatable bonds is 5. The van der Waals surface area contributed by atoms with Crippen molar-refractivity contribution in [3.63, 3.8) is 0 Å². The van der Waals surface area contributed by atoms with Crippen molar-refractivity contribution in [2.75, 3.05) is 0 Å². The molecule has 2 fully saturated rings. The van der Waals surface area contributed by atoms with Gasteiger partial charge in [0.2, 0.25) is 0 Å². The van der Waals surface area contributed by atoms with Crippen molar-refractivity contribution >= 4 is 5.97 Å². The first-order chi connectivity index (χ1) is 9.06. The zero-order valence-corrected chi connectivity index (χ0v) is 11.3. The van der Waals surface area contributed by atoms with Gasteiger partial charge in [-0.05, 0) is 56.7 Å². The van der Waals surface area contributed by atoms with Gasteiger partial charge in [-0.1, -0.05) is 0 Å². The van der Waals surface area contributed by atoms with E-state index in [4.69, 9.17) is 5.11 Å². The molecule has 2 N–H and O–H groups in total. The molecule has 2 saturated carbocycles. The molecule has 0 atom stereocenters. The van der Waals surface area contributed by atoms with Gasteiger partial charge in [-0.25, -0.2) is 9.78 Å². The second kappa shape index (κ2) is 4.60. The lowest BCUT2D eigenvalue weighted by molar-refractivity contribution is 0.0690. The van der Waals surface area contributed by atoms with Gasteiger partial charge < -0.3 is 10.4 Å². The lowest BCUT2D eigenvalue weighted by Crippen LogP contribution is -2.47. The number of pyridine rings is 1. The van der Waals surface area contributed by atoms with Gasteiger partial charge in [0.25, 0.3) is 0 Å². The van der Waals surface area contributed by atoms with Crippen LogP contribution in [0.1, 0.15) is 66.7 Å². The van der Waals surface area contributed by atoms with Crippen LogP contribution in [0, 0.1) is 0 Å². The first-order valence-corrected chi connectivity index (χ1v) is 7.05. The molecular weight excluding hydrogens is 240 g/mol. The van der Waals surface area contributed by atoms with Gasteiger partial charge in [0, 0.05) is 23.7 Å². The van der Waals surface area contributed by atoms with Crippen LogP contribution in [0.2, 0.25) is 0 Å². The first-order valence-electron chi connectivity index (χ1n) is 7.05. The zero-order chi connectivity index (χ0) is 13.5. The van der Waals surface area contributed by atoms with Crippen LogP contribution in [0.15, 0.2) is 12.1 Å². The van der Waals surface area contributed by atoms with Crippen LogP contribution in [0.3, 0.4) is 0 Å². The van der Waals surface area contributed by atoms with E-state index in [1.807, 2.05) is 0 Å². The summed E-state index contributed by atoms with van der Waals surface area (Å²) in [6.45, 7) is 2.97. The molecule has 0 bridgehead atoms. The first kappa shape index (κ1) is 12.6. The molecular formula is C15H20N2O2. The number of hydrogen-bond acceptors (Lipinski definition) is 3. The van der Waals surface area contributed by atoms with Crippen LogP contribution < -0.4 is 5.32 Å². The average molecular weight is 260 g/mol. The number of aromatic carboxylic acids is 1. The molecule has 2 aliphatic carbocycles. The third-order valence-corrected chi connectivity index (χ3v) is 4.30. The molecule has 19 heavy (non-hydrogen) atoms. The summed E-state index contributed by atoms with van der Waals surface area (Å²) in [4.78, 5) is 15.4. The van der Waals surface area contributed by atoms with Crippen LogP contribution in [0.5, 0.6) is 0 Å². The molecule has 2 aliphatic rings. The largest absolute Gasteiger partial charge is 0.477 e. The standard InChI is InChI=1S/C15H20N2O2/c1-15(5-2-6-15)16-9-10-7-12(11-3-4-11)17-13(8-10)14(18)19/h7-8,11,16H,2-6,9H2,1H3,(H,18,19). The van der Waals surface area contributed by atoms with Crippen molar-refractivity contribution in [1.29, 1.82) is 0 Å². The van der Waals surface area contributed by atoms with Gasteiger partial charge in [0.15, 0.2) is 0 Å². The summed E-state index contributed by atoms with van der Waals surface area (Å²) < 4.78 is 0. The van der Waals surface area contributed by atoms with Crippen LogP contribution in [0.25, 0.3) is 0 Å². The molecule has 0 amide bonds. The minimum atomic E-state index is -0.932. The van der Waals surface area contributed by atoms with Crippen molar-refractivity contribution in [2.45, 2.75) is 57.0 Å². The molecule has 0 aliphatic heterocycles. The van der Waals surface area contributed by atoms with Gasteiger partial charge in [0.1, 0.15) is 5.69 Å². The smallest absolute Gasteiger partial charge is 0.354 e. The molecule has 102 valence electrons. The second-order valence-corrected chi connectivity index (χ2v) is 6.13. The second-order valence-electron chi connectivity index (χ2n) is 6.13. The monoisotopic (exact) mass is 260 g/mol. The molecule has 1 heterocycles. The zero-order valence-electron chi connectivity index (χ0n) is 11.3. The van der Waals surface area contributed by atoms with Gasteiger partial charge in [-0.15, -0.1) is 0 Å². The Labute approximate surface area is 113 Å². The molecule has 0 spiro atoms. The van der Waals surface area contributed by atoms with Gasteiger partial charge in [-0.3, -0.25) is 0 Å². The van der Waals surface area contributed by atoms with E-state index in [9.17, 15) is 4.79 Å². The number of nitrogens with zero attached hydrogens (tertiary/aromatic N) is 1. The highest BCUT2D eigenvalue weighted by atomic mass is 16.4. The third kappa shape index (κ3) is 2.78. The fourth-order valence-electron chi connectivity index (χ4n) is 2.61. The maximum absolute atomic E-state index is 11.1. The summed E-state index contributed by atoms with van der Waals surface area (Å²) in [5.41, 5.74) is 2.42. The highest BCUT2D eigenvalue weighted by Gasteiger charge is 2.31. The molecule has 4 nitrogen and oxygen atoms in total. The van der Waals surface area contributed by atoms with Gasteiger partial charge >= 0.3 is 5.97 Å². The summed E-state index contributed by atoms with van der Waals surface area (Å²) >= 11 is 0. The average Bonchev–Trinajstić information content (AvgIpc) is 3.18. The van der Waals surface area contributed by atoms with Gasteiger partial charge in [0.05, 0.1) is 0 Å². The van der Waals surface area contributed by atoms with Crippen LogP contribution in [0.4, 0.5) is 0 Å². The lowest BCUT2D eigenvalue weighted by Gasteiger charge is -2.39. The number of carboxylic acids is 1. The van der Waals surface area contributed by atoms with E-state index >= 15 is 0 Å². The Bertz CT molecular complexity index is 505. The van der Waals surface area contributed by atoms with E-state index in [1.165, 1.54) is 19.3 Å². The highest BCUT2D eigenvalue weighted by molar-refractivity contribution is 5.85. The number of carbonyl (C=O) groups is 1. The maximum Gasteiger partial charge on any atom is 0.354 e. The third-order valence-electron chi connectivity index (χ3n) is 4.30. The Morgan fingerprint density at radius 2 is 2.21 bits per heavy atom. The Morgan fingerprint density at radius 1 is 1.47 bits per heavy atom. The summed E-state index contributed by atoms with van der Waals surface area (Å²) in [7, 11) is 0. The summed E-state index contributed by atoms with van der Waals surface area (Å²) in [5.74, 6) is -0.448. The van der Waals surface area contributed by atoms with Crippen molar-refractivity contribution in [2.24, 2.45) is 0 Å². The molecule has 0 radical (unpaired) electrons. The predicted octanol–water partition coefficient (Wildman–Crippen LogP) is 2.69. The van der Waals surface area contributed by atoms with Crippen molar-refractivity contribution in [1.82, 2.24) is 10.3 Å². The summed E-state index contributed by atoms with van der Waals surface area (Å²) in [6.07, 6.45) is 5.98. The van der Waals surface area contributed by atoms with E-state index in [-0.39, 0.29) is 11.2 Å². The maximum atomic E-state index is 11.1. The molecule has 1 aromatic rings. The van der Waals surface area contributed by atoms with Crippen molar-refractivity contribution < 1.29 is 9.90 Å². The fraction of sp³-hybridized carbons (Fsp3) is 0.600. The molecule has 4 heteroatoms. The topological polar surface area (TPSA) is 62.2 Å². The quantitative estimate of drug-likeness (QED) is 0.854. The lowest BCUT2D eigenvalue weighted by atomic mass is 9.78. The van der Waals surface area contributed by atoms with E-state index in [0.29, 0.717) is 5.92 Å². The van der Waals surface area contributed by atoms with Crippen molar-refractivity contribution in [3.8, 4) is 0 Å². The fourth-order valence-corrected chi connectivity index (χ4v) is 2.61. The molecule has 1 aromatic heterocycles. The molecule has 3 rings (SSSR count). The van der Waals surface area contributed by atoms with Gasteiger partial charge in [-0.2, -0.15) is 0 Å². The van der Waals surface area contributed by atoms with Crippen LogP contribution in [-0.2, 0) is 6.54 Å². The minimum absolute atomic E-state index is 0.181. The number of nitrogens with one attached hydrogen (secondary N) is 1. The number of carboxylic acid groups (broad SMARTS) is 1. The van der Waals surface area contributed by atoms with Crippen LogP contribution in [-0.4, -0.2) is 21.6 Å². The Kier molecular flexibility index (Phi) is 3.05. The normalized spacial score (nSPS) is 20.9. The van der Waals surface area contributed by atoms with E-state index in [1.54, 1.807) is 6.07 Å². The van der Waals surface area contributed by atoms with E-state index in [0.717, 1.165) is 30.6 Å². The Balaban J connectivity index is 1.77. The molecule has 0 aromatic carbocycles. The Morgan fingerprint density at radius 3 is 2.74 bits per heavy atom. The van der Waals surface area contributed by atoms with E-state index in [2.05, 4.69) is 23.3 Å². The molecule has 0 unspecified atom stereocenters. The summed E-state index contributed by atoms with van der Waals surface area (Å²) in [5, 5.41) is 12.7. The number of aromatic nitrogens is 1. The minimum Gasteiger partial charge on any atom is -0.477 e. The van der Waals surface area contributed by atoms with Crippen LogP contribution >= 0.6 is 0 Å². The summed E-state index contributed by atoms with van der Waals surface area (Å²) in [6, 6.07) is 3.77. The van der Waals surface area contributed by atoms with E-state index < -0.39 is 5.97 Å². The SMILES string of the molecule is CC1(NCc2cc(C(=O)O)nc(C3CC3)c2)CCC1. The highest BCUT2D eigenvalue weighted by Crippen LogP contribution is 2.39. The number of hydrogen-bond donors (Lipinski definition) is 2. The molecule has 0 saturated heterocycles. The predicted molar refractivity (Wildman–Crippen MR) is 72.3 cm³/mol.